The smallest absolute Gasteiger partial charge is 0.244 e. The second-order valence-corrected chi connectivity index (χ2v) is 9.92. The van der Waals surface area contributed by atoms with Crippen molar-refractivity contribution in [3.8, 4) is 0 Å². The summed E-state index contributed by atoms with van der Waals surface area (Å²) in [5.41, 5.74) is 1.26. The van der Waals surface area contributed by atoms with Crippen LogP contribution >= 0.6 is 23.4 Å². The van der Waals surface area contributed by atoms with Crippen molar-refractivity contribution in [3.05, 3.63) is 65.2 Å². The van der Waals surface area contributed by atoms with Crippen LogP contribution in [0.1, 0.15) is 5.56 Å². The molecule has 28 heavy (non-hydrogen) atoms. The fraction of sp³-hybridized carbons (Fsp3) is 0.350. The standard InChI is InChI=1S/C20H23ClN2O3S2/c21-18-8-4-5-9-19(18)28(25,26)23-13-11-22(12-14-23)20(24)16-27-15-10-17-6-2-1-3-7-17/h1-9H,10-16H2. The zero-order valence-corrected chi connectivity index (χ0v) is 17.8. The van der Waals surface area contributed by atoms with E-state index in [2.05, 4.69) is 12.1 Å². The van der Waals surface area contributed by atoms with Gasteiger partial charge in [0.15, 0.2) is 0 Å². The normalized spacial score (nSPS) is 15.5. The maximum atomic E-state index is 12.8. The zero-order chi connectivity index (χ0) is 20.0. The lowest BCUT2D eigenvalue weighted by molar-refractivity contribution is -0.129. The van der Waals surface area contributed by atoms with Gasteiger partial charge in [0.1, 0.15) is 4.90 Å². The monoisotopic (exact) mass is 438 g/mol. The number of amides is 1. The SMILES string of the molecule is O=C(CSCCc1ccccc1)N1CCN(S(=O)(=O)c2ccccc2Cl)CC1. The zero-order valence-electron chi connectivity index (χ0n) is 15.5. The summed E-state index contributed by atoms with van der Waals surface area (Å²) < 4.78 is 26.9. The molecule has 0 aromatic heterocycles. The van der Waals surface area contributed by atoms with Crippen molar-refractivity contribution < 1.29 is 13.2 Å². The number of thioether (sulfide) groups is 1. The lowest BCUT2D eigenvalue weighted by Gasteiger charge is -2.34. The number of carbonyl (C=O) groups excluding carboxylic acids is 1. The van der Waals surface area contributed by atoms with Crippen molar-refractivity contribution in [2.24, 2.45) is 0 Å². The first-order valence-corrected chi connectivity index (χ1v) is 12.1. The largest absolute Gasteiger partial charge is 0.339 e. The number of hydrogen-bond acceptors (Lipinski definition) is 4. The lowest BCUT2D eigenvalue weighted by Crippen LogP contribution is -2.51. The number of aryl methyl sites for hydroxylation is 1. The van der Waals surface area contributed by atoms with Crippen molar-refractivity contribution in [1.29, 1.82) is 0 Å². The minimum absolute atomic E-state index is 0.0628. The number of carbonyl (C=O) groups is 1. The highest BCUT2D eigenvalue weighted by atomic mass is 35.5. The molecule has 1 saturated heterocycles. The third kappa shape index (κ3) is 5.29. The van der Waals surface area contributed by atoms with Crippen LogP contribution in [0.2, 0.25) is 5.02 Å². The maximum Gasteiger partial charge on any atom is 0.244 e. The number of hydrogen-bond donors (Lipinski definition) is 0. The summed E-state index contributed by atoms with van der Waals surface area (Å²) in [5, 5.41) is 0.218. The molecular formula is C20H23ClN2O3S2. The Morgan fingerprint density at radius 2 is 1.61 bits per heavy atom. The second-order valence-electron chi connectivity index (χ2n) is 6.50. The summed E-state index contributed by atoms with van der Waals surface area (Å²) in [6.07, 6.45) is 0.933. The first kappa shape index (κ1) is 21.2. The van der Waals surface area contributed by atoms with Crippen LogP contribution in [0.4, 0.5) is 0 Å². The Kier molecular flexibility index (Phi) is 7.40. The molecule has 0 unspecified atom stereocenters. The quantitative estimate of drug-likeness (QED) is 0.623. The molecular weight excluding hydrogens is 416 g/mol. The molecule has 3 rings (SSSR count). The molecule has 0 radical (unpaired) electrons. The number of rotatable bonds is 7. The molecule has 5 nitrogen and oxygen atoms in total. The number of piperazine rings is 1. The van der Waals surface area contributed by atoms with Gasteiger partial charge in [-0.15, -0.1) is 0 Å². The number of halogens is 1. The van der Waals surface area contributed by atoms with Crippen LogP contribution in [-0.2, 0) is 21.2 Å². The number of nitrogens with zero attached hydrogens (tertiary/aromatic N) is 2. The summed E-state index contributed by atoms with van der Waals surface area (Å²) in [6, 6.07) is 16.6. The van der Waals surface area contributed by atoms with Crippen LogP contribution in [0.25, 0.3) is 0 Å². The minimum Gasteiger partial charge on any atom is -0.339 e. The van der Waals surface area contributed by atoms with Crippen LogP contribution in [-0.4, -0.2) is 61.2 Å². The van der Waals surface area contributed by atoms with E-state index in [9.17, 15) is 13.2 Å². The molecule has 150 valence electrons. The average molecular weight is 439 g/mol. The van der Waals surface area contributed by atoms with Crippen LogP contribution in [0.5, 0.6) is 0 Å². The first-order chi connectivity index (χ1) is 13.5. The van der Waals surface area contributed by atoms with Gasteiger partial charge in [0, 0.05) is 26.2 Å². The van der Waals surface area contributed by atoms with Crippen molar-refractivity contribution in [2.45, 2.75) is 11.3 Å². The number of sulfonamides is 1. The van der Waals surface area contributed by atoms with E-state index in [1.54, 1.807) is 34.9 Å². The van der Waals surface area contributed by atoms with Crippen LogP contribution in [0.3, 0.4) is 0 Å². The summed E-state index contributed by atoms with van der Waals surface area (Å²) in [7, 11) is -3.64. The van der Waals surface area contributed by atoms with Crippen LogP contribution in [0.15, 0.2) is 59.5 Å². The van der Waals surface area contributed by atoms with Gasteiger partial charge < -0.3 is 4.90 Å². The molecule has 1 aliphatic rings. The molecule has 0 aliphatic carbocycles. The Hall–Kier alpha value is -1.54. The molecule has 0 atom stereocenters. The molecule has 1 heterocycles. The Morgan fingerprint density at radius 1 is 0.964 bits per heavy atom. The Morgan fingerprint density at radius 3 is 2.29 bits per heavy atom. The molecule has 2 aromatic carbocycles. The third-order valence-electron chi connectivity index (χ3n) is 4.65. The Balaban J connectivity index is 1.45. The Labute approximate surface area is 175 Å². The van der Waals surface area contributed by atoms with Crippen molar-refractivity contribution in [2.75, 3.05) is 37.7 Å². The van der Waals surface area contributed by atoms with E-state index < -0.39 is 10.0 Å². The molecule has 1 fully saturated rings. The highest BCUT2D eigenvalue weighted by molar-refractivity contribution is 7.99. The summed E-state index contributed by atoms with van der Waals surface area (Å²) >= 11 is 7.66. The van der Waals surface area contributed by atoms with Gasteiger partial charge in [-0.05, 0) is 29.9 Å². The summed E-state index contributed by atoms with van der Waals surface area (Å²) in [6.45, 7) is 1.38. The maximum absolute atomic E-state index is 12.8. The third-order valence-corrected chi connectivity index (χ3v) is 7.99. The predicted octanol–water partition coefficient (Wildman–Crippen LogP) is 3.15. The highest BCUT2D eigenvalue weighted by Gasteiger charge is 2.31. The molecule has 1 amide bonds. The van der Waals surface area contributed by atoms with Crippen molar-refractivity contribution in [3.63, 3.8) is 0 Å². The van der Waals surface area contributed by atoms with E-state index in [0.29, 0.717) is 18.8 Å². The average Bonchev–Trinajstić information content (AvgIpc) is 2.72. The topological polar surface area (TPSA) is 57.7 Å². The van der Waals surface area contributed by atoms with Gasteiger partial charge in [-0.2, -0.15) is 16.1 Å². The summed E-state index contributed by atoms with van der Waals surface area (Å²) in [4.78, 5) is 14.3. The van der Waals surface area contributed by atoms with E-state index in [-0.39, 0.29) is 28.9 Å². The molecule has 0 spiro atoms. The van der Waals surface area contributed by atoms with E-state index in [0.717, 1.165) is 12.2 Å². The molecule has 2 aromatic rings. The van der Waals surface area contributed by atoms with E-state index >= 15 is 0 Å². The molecule has 1 aliphatic heterocycles. The minimum atomic E-state index is -3.64. The van der Waals surface area contributed by atoms with Gasteiger partial charge >= 0.3 is 0 Å². The first-order valence-electron chi connectivity index (χ1n) is 9.12. The molecule has 0 saturated carbocycles. The van der Waals surface area contributed by atoms with Gasteiger partial charge in [-0.25, -0.2) is 8.42 Å². The van der Waals surface area contributed by atoms with Crippen molar-refractivity contribution in [1.82, 2.24) is 9.21 Å². The van der Waals surface area contributed by atoms with Gasteiger partial charge in [0.25, 0.3) is 0 Å². The van der Waals surface area contributed by atoms with Crippen molar-refractivity contribution >= 4 is 39.3 Å². The van der Waals surface area contributed by atoms with Gasteiger partial charge in [-0.3, -0.25) is 4.79 Å². The lowest BCUT2D eigenvalue weighted by atomic mass is 10.2. The molecule has 8 heteroatoms. The van der Waals surface area contributed by atoms with E-state index in [1.165, 1.54) is 15.9 Å². The second kappa shape index (κ2) is 9.78. The fourth-order valence-corrected chi connectivity index (χ4v) is 5.85. The molecule has 0 bridgehead atoms. The number of benzene rings is 2. The van der Waals surface area contributed by atoms with Gasteiger partial charge in [0.2, 0.25) is 15.9 Å². The van der Waals surface area contributed by atoms with E-state index in [4.69, 9.17) is 11.6 Å². The fourth-order valence-electron chi connectivity index (χ4n) is 3.06. The predicted molar refractivity (Wildman–Crippen MR) is 114 cm³/mol. The summed E-state index contributed by atoms with van der Waals surface area (Å²) in [5.74, 6) is 1.37. The highest BCUT2D eigenvalue weighted by Crippen LogP contribution is 2.25. The van der Waals surface area contributed by atoms with Gasteiger partial charge in [0.05, 0.1) is 10.8 Å². The van der Waals surface area contributed by atoms with E-state index in [1.807, 2.05) is 18.2 Å². The van der Waals surface area contributed by atoms with Crippen LogP contribution < -0.4 is 0 Å². The van der Waals surface area contributed by atoms with Crippen LogP contribution in [0, 0.1) is 0 Å². The molecule has 0 N–H and O–H groups in total. The van der Waals surface area contributed by atoms with Gasteiger partial charge in [-0.1, -0.05) is 54.1 Å². The Bertz CT molecular complexity index is 899.